The Morgan fingerprint density at radius 2 is 1.58 bits per heavy atom. The molecular weight excluding hydrogens is 437 g/mol. The van der Waals surface area contributed by atoms with Gasteiger partial charge in [-0.25, -0.2) is 4.79 Å². The molecule has 0 spiro atoms. The van der Waals surface area contributed by atoms with Crippen molar-refractivity contribution in [3.63, 3.8) is 0 Å². The Morgan fingerprint density at radius 3 is 2.16 bits per heavy atom. The third-order valence-electron chi connectivity index (χ3n) is 5.35. The van der Waals surface area contributed by atoms with E-state index in [0.717, 1.165) is 22.3 Å². The van der Waals surface area contributed by atoms with Gasteiger partial charge in [0, 0.05) is 16.0 Å². The summed E-state index contributed by atoms with van der Waals surface area (Å²) >= 11 is 12.1. The lowest BCUT2D eigenvalue weighted by Gasteiger charge is -2.20. The normalized spacial score (nSPS) is 13.2. The van der Waals surface area contributed by atoms with Crippen LogP contribution in [0.3, 0.4) is 0 Å². The average Bonchev–Trinajstić information content (AvgIpc) is 3.05. The van der Waals surface area contributed by atoms with Gasteiger partial charge in [-0.15, -0.1) is 0 Å². The minimum absolute atomic E-state index is 0.0878. The summed E-state index contributed by atoms with van der Waals surface area (Å²) in [6, 6.07) is 19.9. The molecule has 0 aromatic heterocycles. The molecule has 0 unspecified atom stereocenters. The number of carboxylic acid groups (broad SMARTS) is 1. The van der Waals surface area contributed by atoms with E-state index in [9.17, 15) is 14.7 Å². The monoisotopic (exact) mass is 455 g/mol. The zero-order chi connectivity index (χ0) is 22.0. The van der Waals surface area contributed by atoms with Crippen LogP contribution in [0.2, 0.25) is 10.0 Å². The van der Waals surface area contributed by atoms with Gasteiger partial charge in [-0.3, -0.25) is 4.79 Å². The lowest BCUT2D eigenvalue weighted by molar-refractivity contribution is -0.137. The number of hydrogen-bond acceptors (Lipinski definition) is 3. The van der Waals surface area contributed by atoms with E-state index in [-0.39, 0.29) is 24.0 Å². The number of amides is 1. The lowest BCUT2D eigenvalue weighted by atomic mass is 9.98. The number of halogens is 2. The molecule has 1 aliphatic carbocycles. The van der Waals surface area contributed by atoms with Crippen LogP contribution in [0.1, 0.15) is 35.1 Å². The van der Waals surface area contributed by atoms with Crippen molar-refractivity contribution in [1.29, 1.82) is 0 Å². The van der Waals surface area contributed by atoms with Gasteiger partial charge in [0.05, 0.1) is 12.5 Å². The van der Waals surface area contributed by atoms with Crippen LogP contribution in [0.25, 0.3) is 11.1 Å². The first-order valence-electron chi connectivity index (χ1n) is 9.72. The van der Waals surface area contributed by atoms with Crippen LogP contribution < -0.4 is 5.32 Å². The molecular formula is C24H19Cl2NO4. The molecule has 3 aromatic rings. The highest BCUT2D eigenvalue weighted by atomic mass is 35.5. The zero-order valence-electron chi connectivity index (χ0n) is 16.3. The molecule has 3 aromatic carbocycles. The molecule has 0 saturated carbocycles. The van der Waals surface area contributed by atoms with E-state index in [2.05, 4.69) is 17.4 Å². The van der Waals surface area contributed by atoms with Crippen molar-refractivity contribution in [2.45, 2.75) is 18.4 Å². The van der Waals surface area contributed by atoms with Crippen molar-refractivity contribution in [3.8, 4) is 11.1 Å². The smallest absolute Gasteiger partial charge is 0.407 e. The molecule has 0 saturated heterocycles. The van der Waals surface area contributed by atoms with Crippen molar-refractivity contribution in [1.82, 2.24) is 5.32 Å². The zero-order valence-corrected chi connectivity index (χ0v) is 17.9. The minimum Gasteiger partial charge on any atom is -0.481 e. The Labute approximate surface area is 189 Å². The second kappa shape index (κ2) is 9.00. The van der Waals surface area contributed by atoms with E-state index in [0.29, 0.717) is 10.6 Å². The van der Waals surface area contributed by atoms with Crippen molar-refractivity contribution in [2.75, 3.05) is 6.61 Å². The number of carbonyl (C=O) groups is 2. The fraction of sp³-hybridized carbons (Fsp3) is 0.167. The summed E-state index contributed by atoms with van der Waals surface area (Å²) in [5.74, 6) is -1.16. The summed E-state index contributed by atoms with van der Waals surface area (Å²) in [7, 11) is 0. The van der Waals surface area contributed by atoms with Crippen LogP contribution in [0, 0.1) is 0 Å². The van der Waals surface area contributed by atoms with Crippen LogP contribution in [-0.4, -0.2) is 23.8 Å². The van der Waals surface area contributed by atoms with Crippen LogP contribution in [0.4, 0.5) is 4.79 Å². The van der Waals surface area contributed by atoms with E-state index in [1.54, 1.807) is 12.1 Å². The topological polar surface area (TPSA) is 75.6 Å². The molecule has 4 rings (SSSR count). The maximum absolute atomic E-state index is 12.6. The van der Waals surface area contributed by atoms with Gasteiger partial charge in [0.25, 0.3) is 0 Å². The fourth-order valence-electron chi connectivity index (χ4n) is 3.98. The van der Waals surface area contributed by atoms with Gasteiger partial charge in [-0.2, -0.15) is 0 Å². The highest BCUT2D eigenvalue weighted by molar-refractivity contribution is 6.35. The predicted molar refractivity (Wildman–Crippen MR) is 120 cm³/mol. The fourth-order valence-corrected chi connectivity index (χ4v) is 4.52. The van der Waals surface area contributed by atoms with Crippen molar-refractivity contribution >= 4 is 35.3 Å². The lowest BCUT2D eigenvalue weighted by Crippen LogP contribution is -2.31. The average molecular weight is 456 g/mol. The molecule has 0 bridgehead atoms. The first-order chi connectivity index (χ1) is 14.9. The number of benzene rings is 3. The largest absolute Gasteiger partial charge is 0.481 e. The number of ether oxygens (including phenoxy) is 1. The van der Waals surface area contributed by atoms with Crippen molar-refractivity contribution in [2.24, 2.45) is 0 Å². The summed E-state index contributed by atoms with van der Waals surface area (Å²) in [6.07, 6.45) is -1.05. The summed E-state index contributed by atoms with van der Waals surface area (Å²) in [5.41, 5.74) is 4.91. The Hall–Kier alpha value is -3.02. The highest BCUT2D eigenvalue weighted by Gasteiger charge is 2.29. The van der Waals surface area contributed by atoms with Gasteiger partial charge in [-0.1, -0.05) is 77.8 Å². The van der Waals surface area contributed by atoms with E-state index in [1.165, 1.54) is 6.07 Å². The SMILES string of the molecule is O=C(O)C[C@@H](NC(=O)OCC1c2ccccc2-c2ccccc21)c1ccc(Cl)cc1Cl. The first kappa shape index (κ1) is 21.2. The van der Waals surface area contributed by atoms with Gasteiger partial charge in [0.2, 0.25) is 0 Å². The van der Waals surface area contributed by atoms with Gasteiger partial charge in [-0.05, 0) is 39.9 Å². The van der Waals surface area contributed by atoms with Crippen molar-refractivity contribution in [3.05, 3.63) is 93.5 Å². The maximum Gasteiger partial charge on any atom is 0.407 e. The number of fused-ring (bicyclic) bond motifs is 3. The molecule has 0 fully saturated rings. The van der Waals surface area contributed by atoms with Gasteiger partial charge in [0.1, 0.15) is 6.61 Å². The summed E-state index contributed by atoms with van der Waals surface area (Å²) in [6.45, 7) is 0.133. The number of aliphatic carboxylic acids is 1. The molecule has 158 valence electrons. The maximum atomic E-state index is 12.6. The number of carbonyl (C=O) groups excluding carboxylic acids is 1. The van der Waals surface area contributed by atoms with E-state index in [4.69, 9.17) is 27.9 Å². The minimum atomic E-state index is -1.07. The molecule has 5 nitrogen and oxygen atoms in total. The third-order valence-corrected chi connectivity index (χ3v) is 5.91. The van der Waals surface area contributed by atoms with Gasteiger partial charge in [0.15, 0.2) is 0 Å². The molecule has 1 atom stereocenters. The van der Waals surface area contributed by atoms with E-state index in [1.807, 2.05) is 36.4 Å². The number of alkyl carbamates (subject to hydrolysis) is 1. The predicted octanol–water partition coefficient (Wildman–Crippen LogP) is 6.05. The Balaban J connectivity index is 1.50. The molecule has 2 N–H and O–H groups in total. The van der Waals surface area contributed by atoms with E-state index >= 15 is 0 Å². The molecule has 7 heteroatoms. The Morgan fingerprint density at radius 1 is 0.968 bits per heavy atom. The molecule has 1 aliphatic rings. The number of nitrogens with one attached hydrogen (secondary N) is 1. The number of hydrogen-bond donors (Lipinski definition) is 2. The third kappa shape index (κ3) is 4.53. The molecule has 0 heterocycles. The van der Waals surface area contributed by atoms with Gasteiger partial charge >= 0.3 is 12.1 Å². The van der Waals surface area contributed by atoms with Crippen LogP contribution in [0.5, 0.6) is 0 Å². The standard InChI is InChI=1S/C24H19Cl2NO4/c25-14-9-10-19(21(26)11-14)22(12-23(28)29)27-24(30)31-13-20-17-7-3-1-5-15(17)16-6-2-4-8-18(16)20/h1-11,20,22H,12-13H2,(H,27,30)(H,28,29)/t22-/m1/s1. The molecule has 0 aliphatic heterocycles. The molecule has 1 amide bonds. The Kier molecular flexibility index (Phi) is 6.16. The Bertz CT molecular complexity index is 1100. The van der Waals surface area contributed by atoms with Crippen LogP contribution in [0.15, 0.2) is 66.7 Å². The highest BCUT2D eigenvalue weighted by Crippen LogP contribution is 2.44. The summed E-state index contributed by atoms with van der Waals surface area (Å²) < 4.78 is 5.52. The second-order valence-corrected chi connectivity index (χ2v) is 8.13. The van der Waals surface area contributed by atoms with Crippen LogP contribution >= 0.6 is 23.2 Å². The van der Waals surface area contributed by atoms with Crippen LogP contribution in [-0.2, 0) is 9.53 Å². The quantitative estimate of drug-likeness (QED) is 0.474. The summed E-state index contributed by atoms with van der Waals surface area (Å²) in [4.78, 5) is 23.9. The molecule has 0 radical (unpaired) electrons. The number of rotatable bonds is 6. The van der Waals surface area contributed by atoms with Crippen molar-refractivity contribution < 1.29 is 19.4 Å². The van der Waals surface area contributed by atoms with Gasteiger partial charge < -0.3 is 15.2 Å². The molecule has 31 heavy (non-hydrogen) atoms. The summed E-state index contributed by atoms with van der Waals surface area (Å²) in [5, 5.41) is 12.6. The van der Waals surface area contributed by atoms with E-state index < -0.39 is 18.1 Å². The first-order valence-corrected chi connectivity index (χ1v) is 10.5. The number of carboxylic acids is 1. The second-order valence-electron chi connectivity index (χ2n) is 7.29.